The second-order valence-electron chi connectivity index (χ2n) is 5.58. The van der Waals surface area contributed by atoms with Crippen molar-refractivity contribution in [3.63, 3.8) is 0 Å². The number of alkyl halides is 3. The van der Waals surface area contributed by atoms with E-state index in [0.717, 1.165) is 57.9 Å². The number of aromatic amines is 1. The lowest BCUT2D eigenvalue weighted by atomic mass is 9.96. The van der Waals surface area contributed by atoms with Crippen molar-refractivity contribution >= 4 is 0 Å². The van der Waals surface area contributed by atoms with E-state index in [1.807, 2.05) is 0 Å². The van der Waals surface area contributed by atoms with Crippen molar-refractivity contribution in [2.45, 2.75) is 44.2 Å². The Bertz CT molecular complexity index is 425. The predicted octanol–water partition coefficient (Wildman–Crippen LogP) is 2.77. The molecule has 7 heteroatoms. The summed E-state index contributed by atoms with van der Waals surface area (Å²) in [6, 6.07) is 0. The third-order valence-corrected chi connectivity index (χ3v) is 4.01. The summed E-state index contributed by atoms with van der Waals surface area (Å²) in [4.78, 5) is 8.65. The Morgan fingerprint density at radius 3 is 2.52 bits per heavy atom. The number of nitrogens with zero attached hydrogens (tertiary/aromatic N) is 2. The Morgan fingerprint density at radius 2 is 1.95 bits per heavy atom. The van der Waals surface area contributed by atoms with E-state index in [-0.39, 0.29) is 12.5 Å². The highest BCUT2D eigenvalue weighted by atomic mass is 19.4. The van der Waals surface area contributed by atoms with Gasteiger partial charge in [-0.1, -0.05) is 0 Å². The van der Waals surface area contributed by atoms with Gasteiger partial charge in [-0.25, -0.2) is 4.98 Å². The normalized spacial score (nSPS) is 18.3. The first kappa shape index (κ1) is 16.3. The van der Waals surface area contributed by atoms with E-state index in [4.69, 9.17) is 5.11 Å². The minimum Gasteiger partial charge on any atom is -0.396 e. The molecule has 0 spiro atoms. The van der Waals surface area contributed by atoms with Gasteiger partial charge in [-0.05, 0) is 51.7 Å². The summed E-state index contributed by atoms with van der Waals surface area (Å²) in [5.74, 6) is 0.553. The molecule has 0 atom stereocenters. The lowest BCUT2D eigenvalue weighted by Crippen LogP contribution is -2.34. The van der Waals surface area contributed by atoms with Gasteiger partial charge in [0.25, 0.3) is 0 Å². The largest absolute Gasteiger partial charge is 0.432 e. The number of imidazole rings is 1. The third kappa shape index (κ3) is 4.71. The number of aromatic nitrogens is 2. The number of likely N-dealkylation sites (tertiary alicyclic amines) is 1. The van der Waals surface area contributed by atoms with Crippen LogP contribution >= 0.6 is 0 Å². The molecule has 1 aromatic rings. The fourth-order valence-corrected chi connectivity index (χ4v) is 2.74. The van der Waals surface area contributed by atoms with E-state index in [9.17, 15) is 13.2 Å². The molecule has 2 N–H and O–H groups in total. The van der Waals surface area contributed by atoms with Gasteiger partial charge >= 0.3 is 6.18 Å². The van der Waals surface area contributed by atoms with Crippen LogP contribution < -0.4 is 0 Å². The van der Waals surface area contributed by atoms with Crippen LogP contribution in [0.2, 0.25) is 0 Å². The number of nitrogens with one attached hydrogen (secondary N) is 1. The number of H-pyrrole nitrogens is 1. The summed E-state index contributed by atoms with van der Waals surface area (Å²) in [5.41, 5.74) is -0.760. The molecular formula is C14H22F3N3O. The number of unbranched alkanes of at least 4 members (excludes halogenated alkanes) is 2. The fraction of sp³-hybridized carbons (Fsp3) is 0.786. The van der Waals surface area contributed by atoms with E-state index in [0.29, 0.717) is 5.82 Å². The van der Waals surface area contributed by atoms with Crippen molar-refractivity contribution in [3.05, 3.63) is 17.7 Å². The van der Waals surface area contributed by atoms with Gasteiger partial charge in [0.05, 0.1) is 6.20 Å². The standard InChI is InChI=1S/C14H22F3N3O/c15-14(16,17)12-10-18-13(19-12)11-4-7-20(8-5-11)6-2-1-3-9-21/h10-11,21H,1-9H2,(H,18,19). The van der Waals surface area contributed by atoms with E-state index in [1.54, 1.807) is 0 Å². The summed E-state index contributed by atoms with van der Waals surface area (Å²) in [6.45, 7) is 3.03. The molecule has 0 aromatic carbocycles. The van der Waals surface area contributed by atoms with E-state index >= 15 is 0 Å². The van der Waals surface area contributed by atoms with Crippen LogP contribution in [0.5, 0.6) is 0 Å². The van der Waals surface area contributed by atoms with E-state index < -0.39 is 11.9 Å². The van der Waals surface area contributed by atoms with E-state index in [1.165, 1.54) is 0 Å². The molecule has 2 heterocycles. The number of piperidine rings is 1. The number of hydrogen-bond donors (Lipinski definition) is 2. The minimum atomic E-state index is -4.35. The maximum Gasteiger partial charge on any atom is 0.432 e. The molecule has 0 bridgehead atoms. The van der Waals surface area contributed by atoms with Crippen LogP contribution in [0.15, 0.2) is 6.20 Å². The van der Waals surface area contributed by atoms with Crippen LogP contribution in [0, 0.1) is 0 Å². The van der Waals surface area contributed by atoms with Crippen molar-refractivity contribution in [2.24, 2.45) is 0 Å². The molecular weight excluding hydrogens is 283 g/mol. The first-order valence-electron chi connectivity index (χ1n) is 7.46. The molecule has 120 valence electrons. The monoisotopic (exact) mass is 305 g/mol. The maximum absolute atomic E-state index is 12.5. The summed E-state index contributed by atoms with van der Waals surface area (Å²) >= 11 is 0. The average molecular weight is 305 g/mol. The van der Waals surface area contributed by atoms with Crippen LogP contribution in [0.3, 0.4) is 0 Å². The molecule has 1 aliphatic heterocycles. The minimum absolute atomic E-state index is 0.0924. The lowest BCUT2D eigenvalue weighted by Gasteiger charge is -2.31. The average Bonchev–Trinajstić information content (AvgIpc) is 2.94. The molecule has 1 saturated heterocycles. The van der Waals surface area contributed by atoms with Crippen molar-refractivity contribution in [2.75, 3.05) is 26.2 Å². The zero-order valence-corrected chi connectivity index (χ0v) is 12.0. The van der Waals surface area contributed by atoms with Gasteiger partial charge in [-0.15, -0.1) is 0 Å². The molecule has 1 aliphatic rings. The highest BCUT2D eigenvalue weighted by Crippen LogP contribution is 2.31. The molecule has 1 fully saturated rings. The van der Waals surface area contributed by atoms with Crippen LogP contribution in [0.1, 0.15) is 49.5 Å². The summed E-state index contributed by atoms with van der Waals surface area (Å²) in [7, 11) is 0. The van der Waals surface area contributed by atoms with Crippen molar-refractivity contribution in [1.29, 1.82) is 0 Å². The van der Waals surface area contributed by atoms with Gasteiger partial charge in [0.1, 0.15) is 11.5 Å². The van der Waals surface area contributed by atoms with Crippen LogP contribution in [-0.2, 0) is 6.18 Å². The second kappa shape index (κ2) is 7.26. The second-order valence-corrected chi connectivity index (χ2v) is 5.58. The highest BCUT2D eigenvalue weighted by Gasteiger charge is 2.34. The summed E-state index contributed by atoms with van der Waals surface area (Å²) in [5, 5.41) is 8.72. The number of aliphatic hydroxyl groups is 1. The SMILES string of the molecule is OCCCCCN1CCC(c2ncc(C(F)(F)F)[nH]2)CC1. The number of hydrogen-bond acceptors (Lipinski definition) is 3. The van der Waals surface area contributed by atoms with Crippen LogP contribution in [0.4, 0.5) is 13.2 Å². The Kier molecular flexibility index (Phi) is 5.64. The molecule has 0 amide bonds. The van der Waals surface area contributed by atoms with Crippen molar-refractivity contribution in [1.82, 2.24) is 14.9 Å². The number of rotatable bonds is 6. The topological polar surface area (TPSA) is 52.1 Å². The molecule has 4 nitrogen and oxygen atoms in total. The van der Waals surface area contributed by atoms with Gasteiger partial charge in [0.15, 0.2) is 0 Å². The lowest BCUT2D eigenvalue weighted by molar-refractivity contribution is -0.141. The Hall–Kier alpha value is -1.08. The van der Waals surface area contributed by atoms with Gasteiger partial charge in [0, 0.05) is 12.5 Å². The first-order chi connectivity index (χ1) is 10.0. The molecule has 0 radical (unpaired) electrons. The molecule has 0 saturated carbocycles. The zero-order chi connectivity index (χ0) is 15.3. The highest BCUT2D eigenvalue weighted by molar-refractivity contribution is 5.09. The molecule has 2 rings (SSSR count). The van der Waals surface area contributed by atoms with Crippen molar-refractivity contribution in [3.8, 4) is 0 Å². The summed E-state index contributed by atoms with van der Waals surface area (Å²) in [6.07, 6.45) is 1.13. The summed E-state index contributed by atoms with van der Waals surface area (Å²) < 4.78 is 37.6. The smallest absolute Gasteiger partial charge is 0.396 e. The maximum atomic E-state index is 12.5. The van der Waals surface area contributed by atoms with Crippen molar-refractivity contribution < 1.29 is 18.3 Å². The Morgan fingerprint density at radius 1 is 1.24 bits per heavy atom. The van der Waals surface area contributed by atoms with Gasteiger partial charge in [-0.3, -0.25) is 0 Å². The fourth-order valence-electron chi connectivity index (χ4n) is 2.74. The molecule has 0 unspecified atom stereocenters. The number of halogens is 3. The van der Waals surface area contributed by atoms with Crippen LogP contribution in [-0.4, -0.2) is 46.2 Å². The van der Waals surface area contributed by atoms with Gasteiger partial charge in [-0.2, -0.15) is 13.2 Å². The number of aliphatic hydroxyl groups excluding tert-OH is 1. The molecule has 21 heavy (non-hydrogen) atoms. The van der Waals surface area contributed by atoms with E-state index in [2.05, 4.69) is 14.9 Å². The van der Waals surface area contributed by atoms with Gasteiger partial charge < -0.3 is 15.0 Å². The first-order valence-corrected chi connectivity index (χ1v) is 7.46. The third-order valence-electron chi connectivity index (χ3n) is 4.01. The Labute approximate surface area is 122 Å². The predicted molar refractivity (Wildman–Crippen MR) is 72.9 cm³/mol. The molecule has 1 aromatic heterocycles. The van der Waals surface area contributed by atoms with Gasteiger partial charge in [0.2, 0.25) is 0 Å². The zero-order valence-electron chi connectivity index (χ0n) is 12.0. The molecule has 0 aliphatic carbocycles. The Balaban J connectivity index is 1.77. The van der Waals surface area contributed by atoms with Crippen LogP contribution in [0.25, 0.3) is 0 Å². The quantitative estimate of drug-likeness (QED) is 0.795.